The fourth-order valence-electron chi connectivity index (χ4n) is 5.37. The summed E-state index contributed by atoms with van der Waals surface area (Å²) in [6.07, 6.45) is 0. The van der Waals surface area contributed by atoms with Gasteiger partial charge in [0.15, 0.2) is 0 Å². The smallest absolute Gasteiger partial charge is 0.221 e. The lowest BCUT2D eigenvalue weighted by Crippen LogP contribution is -2.38. The molecular formula is C24H60N9P3. The Morgan fingerprint density at radius 2 is 0.389 bits per heavy atom. The lowest BCUT2D eigenvalue weighted by Gasteiger charge is -2.52. The van der Waals surface area contributed by atoms with Gasteiger partial charge in [-0.3, -0.25) is 0 Å². The highest BCUT2D eigenvalue weighted by molar-refractivity contribution is 7.83. The molecule has 0 fully saturated rings. The molecule has 36 heavy (non-hydrogen) atoms. The minimum atomic E-state index is -2.42. The summed E-state index contributed by atoms with van der Waals surface area (Å²) < 4.78 is 33.9. The summed E-state index contributed by atoms with van der Waals surface area (Å²) in [5, 5.41) is 0. The SMILES string of the molecule is CCN(CC)P1(N(CC)CC)=NP(N(CC)CC)(N(CC)CC)=NP(N(CC)CC)(N(CC)CC)=N1. The van der Waals surface area contributed by atoms with E-state index in [9.17, 15) is 0 Å². The molecule has 0 aliphatic carbocycles. The topological polar surface area (TPSA) is 56.5 Å². The van der Waals surface area contributed by atoms with Crippen LogP contribution < -0.4 is 0 Å². The van der Waals surface area contributed by atoms with Crippen LogP contribution in [0, 0.1) is 0 Å². The Hall–Kier alpha value is 0.450. The molecule has 0 saturated heterocycles. The molecule has 1 rings (SSSR count). The van der Waals surface area contributed by atoms with Crippen LogP contribution in [0.1, 0.15) is 83.1 Å². The molecule has 0 radical (unpaired) electrons. The van der Waals surface area contributed by atoms with Crippen LogP contribution in [-0.4, -0.2) is 107 Å². The lowest BCUT2D eigenvalue weighted by atomic mass is 10.7. The lowest BCUT2D eigenvalue weighted by molar-refractivity contribution is 0.391. The fourth-order valence-corrected chi connectivity index (χ4v) is 21.7. The first-order valence-electron chi connectivity index (χ1n) is 14.7. The van der Waals surface area contributed by atoms with E-state index in [-0.39, 0.29) is 0 Å². The van der Waals surface area contributed by atoms with Gasteiger partial charge in [-0.1, -0.05) is 83.1 Å². The minimum absolute atomic E-state index is 0.945. The van der Waals surface area contributed by atoms with Gasteiger partial charge < -0.3 is 0 Å². The molecule has 1 aliphatic heterocycles. The largest absolute Gasteiger partial charge is 0.240 e. The van der Waals surface area contributed by atoms with Crippen LogP contribution in [0.2, 0.25) is 0 Å². The van der Waals surface area contributed by atoms with Crippen molar-refractivity contribution in [3.8, 4) is 0 Å². The maximum absolute atomic E-state index is 6.08. The molecule has 0 N–H and O–H groups in total. The van der Waals surface area contributed by atoms with E-state index in [4.69, 9.17) is 13.5 Å². The Bertz CT molecular complexity index is 624. The Balaban J connectivity index is 4.70. The molecule has 0 aromatic rings. The first kappa shape index (κ1) is 34.5. The van der Waals surface area contributed by atoms with Gasteiger partial charge in [-0.25, -0.2) is 28.0 Å². The van der Waals surface area contributed by atoms with E-state index >= 15 is 0 Å². The highest BCUT2D eigenvalue weighted by atomic mass is 31.3. The predicted octanol–water partition coefficient (Wildman–Crippen LogP) is 7.89. The van der Waals surface area contributed by atoms with Gasteiger partial charge >= 0.3 is 0 Å². The predicted molar refractivity (Wildman–Crippen MR) is 166 cm³/mol. The molecule has 0 unspecified atom stereocenters. The van der Waals surface area contributed by atoms with Crippen molar-refractivity contribution in [1.82, 2.24) is 28.0 Å². The molecule has 1 heterocycles. The highest BCUT2D eigenvalue weighted by Crippen LogP contribution is 2.83. The van der Waals surface area contributed by atoms with Gasteiger partial charge in [0.25, 0.3) is 0 Å². The number of rotatable bonds is 18. The van der Waals surface area contributed by atoms with Crippen molar-refractivity contribution in [1.29, 1.82) is 0 Å². The zero-order valence-electron chi connectivity index (χ0n) is 25.9. The number of hydrogen-bond donors (Lipinski definition) is 0. The second-order valence-corrected chi connectivity index (χ2v) is 17.5. The van der Waals surface area contributed by atoms with E-state index in [0.717, 1.165) is 78.5 Å². The average molecular weight is 568 g/mol. The Morgan fingerprint density at radius 1 is 0.278 bits per heavy atom. The van der Waals surface area contributed by atoms with E-state index in [2.05, 4.69) is 111 Å². The van der Waals surface area contributed by atoms with Crippen molar-refractivity contribution in [2.45, 2.75) is 83.1 Å². The molecule has 9 nitrogen and oxygen atoms in total. The molecule has 216 valence electrons. The van der Waals surface area contributed by atoms with E-state index in [0.29, 0.717) is 0 Å². The quantitative estimate of drug-likeness (QED) is 0.157. The van der Waals surface area contributed by atoms with E-state index in [1.165, 1.54) is 0 Å². The molecule has 0 atom stereocenters. The van der Waals surface area contributed by atoms with Crippen molar-refractivity contribution >= 4 is 22.5 Å². The maximum Gasteiger partial charge on any atom is 0.221 e. The summed E-state index contributed by atoms with van der Waals surface area (Å²) in [5.41, 5.74) is 0. The average Bonchev–Trinajstić information content (AvgIpc) is 2.88. The molecule has 0 saturated carbocycles. The molecule has 0 spiro atoms. The van der Waals surface area contributed by atoms with E-state index < -0.39 is 22.5 Å². The fraction of sp³-hybridized carbons (Fsp3) is 1.00. The van der Waals surface area contributed by atoms with Gasteiger partial charge in [0, 0.05) is 78.5 Å². The molecule has 0 aromatic heterocycles. The molecule has 1 aliphatic rings. The van der Waals surface area contributed by atoms with Crippen LogP contribution in [0.3, 0.4) is 0 Å². The van der Waals surface area contributed by atoms with Crippen LogP contribution in [0.5, 0.6) is 0 Å². The maximum atomic E-state index is 6.08. The van der Waals surface area contributed by atoms with Crippen molar-refractivity contribution < 1.29 is 0 Å². The Labute approximate surface area is 225 Å². The second-order valence-electron chi connectivity index (χ2n) is 8.71. The van der Waals surface area contributed by atoms with Crippen molar-refractivity contribution in [2.24, 2.45) is 13.5 Å². The molecule has 0 bridgehead atoms. The minimum Gasteiger partial charge on any atom is -0.240 e. The van der Waals surface area contributed by atoms with Gasteiger partial charge in [0.1, 0.15) is 0 Å². The van der Waals surface area contributed by atoms with Crippen LogP contribution in [0.25, 0.3) is 0 Å². The van der Waals surface area contributed by atoms with Gasteiger partial charge in [0.2, 0.25) is 22.5 Å². The number of hydrogen-bond acceptors (Lipinski definition) is 9. The molecule has 0 amide bonds. The molecular weight excluding hydrogens is 507 g/mol. The summed E-state index contributed by atoms with van der Waals surface area (Å²) in [7, 11) is -7.26. The first-order chi connectivity index (χ1) is 17.2. The Kier molecular flexibility index (Phi) is 15.2. The molecule has 12 heteroatoms. The van der Waals surface area contributed by atoms with Crippen LogP contribution in [0.4, 0.5) is 0 Å². The standard InChI is InChI=1S/C24H60N9P3/c1-13-28(14-2)34(29(15-3)16-4)25-35(30(17-5)18-6,31(19-7)20-8)27-36(26-34,32(21-9)22-10)33(23-11)24-12/h13-24H2,1-12H3. The summed E-state index contributed by atoms with van der Waals surface area (Å²) in [4.78, 5) is 0. The Morgan fingerprint density at radius 3 is 0.472 bits per heavy atom. The van der Waals surface area contributed by atoms with Crippen LogP contribution in [0.15, 0.2) is 13.5 Å². The van der Waals surface area contributed by atoms with Crippen LogP contribution >= 0.6 is 22.5 Å². The van der Waals surface area contributed by atoms with Gasteiger partial charge in [-0.15, -0.1) is 0 Å². The summed E-state index contributed by atoms with van der Waals surface area (Å²) in [5.74, 6) is 0. The first-order valence-corrected chi connectivity index (χ1v) is 19.5. The zero-order valence-corrected chi connectivity index (χ0v) is 28.5. The number of nitrogens with zero attached hydrogens (tertiary/aromatic N) is 9. The monoisotopic (exact) mass is 567 g/mol. The zero-order chi connectivity index (χ0) is 27.6. The second kappa shape index (κ2) is 15.9. The van der Waals surface area contributed by atoms with Gasteiger partial charge in [-0.05, 0) is 0 Å². The third-order valence-corrected chi connectivity index (χ3v) is 21.1. The van der Waals surface area contributed by atoms with Crippen molar-refractivity contribution in [3.05, 3.63) is 0 Å². The van der Waals surface area contributed by atoms with Crippen molar-refractivity contribution in [2.75, 3.05) is 78.5 Å². The summed E-state index contributed by atoms with van der Waals surface area (Å²) in [6.45, 7) is 38.8. The third kappa shape index (κ3) is 6.26. The van der Waals surface area contributed by atoms with Gasteiger partial charge in [0.05, 0.1) is 0 Å². The third-order valence-electron chi connectivity index (χ3n) is 7.38. The summed E-state index contributed by atoms with van der Waals surface area (Å²) in [6, 6.07) is 0. The van der Waals surface area contributed by atoms with Gasteiger partial charge in [-0.2, -0.15) is 13.5 Å². The van der Waals surface area contributed by atoms with Crippen molar-refractivity contribution in [3.63, 3.8) is 0 Å². The summed E-state index contributed by atoms with van der Waals surface area (Å²) >= 11 is 0. The molecule has 0 aromatic carbocycles. The van der Waals surface area contributed by atoms with E-state index in [1.54, 1.807) is 0 Å². The van der Waals surface area contributed by atoms with Crippen LogP contribution in [-0.2, 0) is 0 Å². The highest BCUT2D eigenvalue weighted by Gasteiger charge is 2.49. The van der Waals surface area contributed by atoms with E-state index in [1.807, 2.05) is 0 Å². The normalized spacial score (nSPS) is 18.8.